The summed E-state index contributed by atoms with van der Waals surface area (Å²) in [6.07, 6.45) is 3.84. The number of aryl methyl sites for hydroxylation is 1. The average Bonchev–Trinajstić information content (AvgIpc) is 2.77. The summed E-state index contributed by atoms with van der Waals surface area (Å²) in [4.78, 5) is 0. The number of benzene rings is 4. The van der Waals surface area contributed by atoms with Gasteiger partial charge in [-0.15, -0.1) is 0 Å². The second kappa shape index (κ2) is 8.65. The van der Waals surface area contributed by atoms with Crippen LogP contribution >= 0.6 is 0 Å². The van der Waals surface area contributed by atoms with E-state index in [4.69, 9.17) is 0 Å². The summed E-state index contributed by atoms with van der Waals surface area (Å²) < 4.78 is 44.6. The van der Waals surface area contributed by atoms with Gasteiger partial charge in [0.2, 0.25) is 0 Å². The molecule has 0 unspecified atom stereocenters. The first-order chi connectivity index (χ1) is 15.0. The van der Waals surface area contributed by atoms with Gasteiger partial charge in [-0.3, -0.25) is 0 Å². The zero-order valence-electron chi connectivity index (χ0n) is 17.3. The van der Waals surface area contributed by atoms with Gasteiger partial charge in [0.25, 0.3) is 0 Å². The second-order valence-electron chi connectivity index (χ2n) is 7.47. The maximum Gasteiger partial charge on any atom is 0.167 e. The molecule has 0 aliphatic rings. The molecule has 3 heteroatoms. The molecule has 0 atom stereocenters. The van der Waals surface area contributed by atoms with Gasteiger partial charge in [0, 0.05) is 16.7 Å². The Hall–Kier alpha value is -3.59. The minimum Gasteiger partial charge on any atom is -0.206 e. The summed E-state index contributed by atoms with van der Waals surface area (Å²) in [5, 5.41) is 0. The lowest BCUT2D eigenvalue weighted by molar-refractivity contribution is 0.513. The first kappa shape index (κ1) is 20.7. The fourth-order valence-corrected chi connectivity index (χ4v) is 3.61. The molecule has 31 heavy (non-hydrogen) atoms. The Kier molecular flexibility index (Phi) is 5.77. The van der Waals surface area contributed by atoms with Crippen LogP contribution in [0.1, 0.15) is 18.1 Å². The van der Waals surface area contributed by atoms with E-state index in [1.807, 2.05) is 62.4 Å². The van der Waals surface area contributed by atoms with Crippen molar-refractivity contribution in [3.63, 3.8) is 0 Å². The Balaban J connectivity index is 1.70. The van der Waals surface area contributed by atoms with Crippen LogP contribution in [-0.4, -0.2) is 0 Å². The predicted octanol–water partition coefficient (Wildman–Crippen LogP) is 8.45. The van der Waals surface area contributed by atoms with E-state index in [0.29, 0.717) is 16.7 Å². The Morgan fingerprint density at radius 3 is 1.65 bits per heavy atom. The normalized spacial score (nSPS) is 11.3. The fraction of sp³-hybridized carbons (Fsp3) is 0.0714. The lowest BCUT2D eigenvalue weighted by Gasteiger charge is -2.11. The van der Waals surface area contributed by atoms with E-state index in [1.165, 1.54) is 18.2 Å². The van der Waals surface area contributed by atoms with E-state index in [0.717, 1.165) is 16.7 Å². The fourth-order valence-electron chi connectivity index (χ4n) is 3.61. The molecule has 0 saturated heterocycles. The molecular formula is C28H21F3. The number of rotatable bonds is 4. The van der Waals surface area contributed by atoms with Crippen molar-refractivity contribution in [3.05, 3.63) is 114 Å². The van der Waals surface area contributed by atoms with Crippen molar-refractivity contribution < 1.29 is 13.2 Å². The highest BCUT2D eigenvalue weighted by Crippen LogP contribution is 2.34. The summed E-state index contributed by atoms with van der Waals surface area (Å²) in [5.74, 6) is -2.42. The van der Waals surface area contributed by atoms with E-state index in [1.54, 1.807) is 24.3 Å². The highest BCUT2D eigenvalue weighted by Gasteiger charge is 2.17. The minimum absolute atomic E-state index is 0.0288. The topological polar surface area (TPSA) is 0 Å². The van der Waals surface area contributed by atoms with Gasteiger partial charge in [-0.25, -0.2) is 13.2 Å². The molecule has 154 valence electrons. The minimum atomic E-state index is -0.988. The van der Waals surface area contributed by atoms with Crippen molar-refractivity contribution in [1.82, 2.24) is 0 Å². The van der Waals surface area contributed by atoms with Gasteiger partial charge in [0.15, 0.2) is 11.6 Å². The van der Waals surface area contributed by atoms with Crippen LogP contribution < -0.4 is 0 Å². The molecule has 0 saturated carbocycles. The van der Waals surface area contributed by atoms with Crippen LogP contribution in [0, 0.1) is 24.4 Å². The first-order valence-corrected chi connectivity index (χ1v) is 10.1. The molecule has 0 aliphatic heterocycles. The maximum absolute atomic E-state index is 14.9. The van der Waals surface area contributed by atoms with E-state index in [9.17, 15) is 13.2 Å². The Labute approximate surface area is 180 Å². The smallest absolute Gasteiger partial charge is 0.167 e. The van der Waals surface area contributed by atoms with Crippen LogP contribution in [0.4, 0.5) is 13.2 Å². The quantitative estimate of drug-likeness (QED) is 0.314. The van der Waals surface area contributed by atoms with Crippen molar-refractivity contribution in [1.29, 1.82) is 0 Å². The van der Waals surface area contributed by atoms with Crippen LogP contribution in [0.5, 0.6) is 0 Å². The summed E-state index contributed by atoms with van der Waals surface area (Å²) in [6, 6.07) is 22.2. The molecule has 0 nitrogen and oxygen atoms in total. The summed E-state index contributed by atoms with van der Waals surface area (Å²) in [6.45, 7) is 3.87. The van der Waals surface area contributed by atoms with Gasteiger partial charge in [-0.05, 0) is 42.2 Å². The first-order valence-electron chi connectivity index (χ1n) is 10.1. The van der Waals surface area contributed by atoms with Gasteiger partial charge in [0.05, 0.1) is 0 Å². The molecule has 0 N–H and O–H groups in total. The molecule has 0 spiro atoms. The van der Waals surface area contributed by atoms with Crippen LogP contribution in [-0.2, 0) is 0 Å². The van der Waals surface area contributed by atoms with Crippen molar-refractivity contribution in [3.8, 4) is 33.4 Å². The van der Waals surface area contributed by atoms with Gasteiger partial charge in [0.1, 0.15) is 5.82 Å². The summed E-state index contributed by atoms with van der Waals surface area (Å²) in [7, 11) is 0. The van der Waals surface area contributed by atoms with E-state index in [-0.39, 0.29) is 11.1 Å². The molecule has 0 aliphatic carbocycles. The lowest BCUT2D eigenvalue weighted by atomic mass is 9.96. The largest absolute Gasteiger partial charge is 0.206 e. The molecule has 0 fully saturated rings. The van der Waals surface area contributed by atoms with E-state index < -0.39 is 17.5 Å². The summed E-state index contributed by atoms with van der Waals surface area (Å²) in [5.41, 5.74) is 4.28. The standard InChI is InChI=1S/C28H21F3/c1-3-4-19-7-11-21(12-8-19)24-15-16-25(28(31)27(24)30)22-13-14-23(26(29)17-22)20-9-5-18(2)6-10-20/h3-17H,1-2H3. The van der Waals surface area contributed by atoms with Crippen LogP contribution in [0.15, 0.2) is 84.9 Å². The molecule has 4 aromatic carbocycles. The molecular weight excluding hydrogens is 393 g/mol. The lowest BCUT2D eigenvalue weighted by Crippen LogP contribution is -1.95. The Bertz CT molecular complexity index is 1250. The molecule has 0 amide bonds. The van der Waals surface area contributed by atoms with Gasteiger partial charge < -0.3 is 0 Å². The molecule has 0 bridgehead atoms. The van der Waals surface area contributed by atoms with Gasteiger partial charge in [-0.1, -0.05) is 90.5 Å². The van der Waals surface area contributed by atoms with Crippen molar-refractivity contribution in [2.45, 2.75) is 13.8 Å². The number of hydrogen-bond acceptors (Lipinski definition) is 0. The van der Waals surface area contributed by atoms with E-state index in [2.05, 4.69) is 0 Å². The summed E-state index contributed by atoms with van der Waals surface area (Å²) >= 11 is 0. The Morgan fingerprint density at radius 1 is 0.581 bits per heavy atom. The molecule has 4 rings (SSSR count). The monoisotopic (exact) mass is 414 g/mol. The third-order valence-corrected chi connectivity index (χ3v) is 5.31. The van der Waals surface area contributed by atoms with Crippen LogP contribution in [0.2, 0.25) is 0 Å². The SMILES string of the molecule is CC=Cc1ccc(-c2ccc(-c3ccc(-c4ccc(C)cc4)c(F)c3)c(F)c2F)cc1. The second-order valence-corrected chi connectivity index (χ2v) is 7.47. The van der Waals surface area contributed by atoms with Crippen molar-refractivity contribution in [2.75, 3.05) is 0 Å². The molecule has 0 radical (unpaired) electrons. The third kappa shape index (κ3) is 4.17. The zero-order chi connectivity index (χ0) is 22.0. The predicted molar refractivity (Wildman–Crippen MR) is 122 cm³/mol. The molecule has 0 heterocycles. The van der Waals surface area contributed by atoms with Crippen molar-refractivity contribution >= 4 is 6.08 Å². The highest BCUT2D eigenvalue weighted by atomic mass is 19.2. The molecule has 0 aromatic heterocycles. The van der Waals surface area contributed by atoms with E-state index >= 15 is 0 Å². The highest BCUT2D eigenvalue weighted by molar-refractivity contribution is 5.75. The van der Waals surface area contributed by atoms with Gasteiger partial charge >= 0.3 is 0 Å². The maximum atomic E-state index is 14.9. The third-order valence-electron chi connectivity index (χ3n) is 5.31. The Morgan fingerprint density at radius 2 is 1.06 bits per heavy atom. The van der Waals surface area contributed by atoms with Crippen LogP contribution in [0.25, 0.3) is 39.5 Å². The number of allylic oxidation sites excluding steroid dienone is 1. The number of halogens is 3. The van der Waals surface area contributed by atoms with Crippen molar-refractivity contribution in [2.24, 2.45) is 0 Å². The van der Waals surface area contributed by atoms with Gasteiger partial charge in [-0.2, -0.15) is 0 Å². The average molecular weight is 414 g/mol. The molecule has 4 aromatic rings. The zero-order valence-corrected chi connectivity index (χ0v) is 17.3. The van der Waals surface area contributed by atoms with Crippen LogP contribution in [0.3, 0.4) is 0 Å². The number of hydrogen-bond donors (Lipinski definition) is 0.